The molecular weight excluding hydrogens is 372 g/mol. The van der Waals surface area contributed by atoms with Crippen molar-refractivity contribution in [1.82, 2.24) is 0 Å². The summed E-state index contributed by atoms with van der Waals surface area (Å²) in [4.78, 5) is 3.27. The molecule has 0 unspecified atom stereocenters. The molecule has 1 fully saturated rings. The van der Waals surface area contributed by atoms with Crippen molar-refractivity contribution < 1.29 is 22.3 Å². The molecule has 0 atom stereocenters. The van der Waals surface area contributed by atoms with E-state index in [2.05, 4.69) is 4.85 Å². The van der Waals surface area contributed by atoms with Crippen molar-refractivity contribution in [1.29, 1.82) is 5.26 Å². The van der Waals surface area contributed by atoms with Gasteiger partial charge >= 0.3 is 6.18 Å². The molecule has 7 heteroatoms. The lowest BCUT2D eigenvalue weighted by Gasteiger charge is -2.48. The molecule has 148 valence electrons. The molecule has 0 radical (unpaired) electrons. The summed E-state index contributed by atoms with van der Waals surface area (Å²) in [6.07, 6.45) is -1.14. The monoisotopic (exact) mass is 392 g/mol. The van der Waals surface area contributed by atoms with E-state index >= 15 is 0 Å². The van der Waals surface area contributed by atoms with Crippen LogP contribution in [0.4, 0.5) is 23.2 Å². The lowest BCUT2D eigenvalue weighted by atomic mass is 9.58. The minimum atomic E-state index is -4.34. The van der Waals surface area contributed by atoms with Crippen molar-refractivity contribution in [3.8, 4) is 11.8 Å². The Morgan fingerprint density at radius 1 is 1.25 bits per heavy atom. The summed E-state index contributed by atoms with van der Waals surface area (Å²) >= 11 is 0. The van der Waals surface area contributed by atoms with E-state index in [1.807, 2.05) is 13.0 Å². The van der Waals surface area contributed by atoms with E-state index in [9.17, 15) is 22.8 Å². The van der Waals surface area contributed by atoms with Gasteiger partial charge in [-0.1, -0.05) is 13.0 Å². The molecule has 0 amide bonds. The predicted molar refractivity (Wildman–Crippen MR) is 95.5 cm³/mol. The van der Waals surface area contributed by atoms with Crippen LogP contribution in [0.25, 0.3) is 4.85 Å². The summed E-state index contributed by atoms with van der Waals surface area (Å²) in [7, 11) is 0. The molecule has 28 heavy (non-hydrogen) atoms. The number of fused-ring (bicyclic) bond motifs is 2. The third-order valence-electron chi connectivity index (χ3n) is 6.00. The van der Waals surface area contributed by atoms with Gasteiger partial charge in [-0.2, -0.15) is 18.4 Å². The van der Waals surface area contributed by atoms with Gasteiger partial charge in [-0.05, 0) is 49.8 Å². The molecule has 3 nitrogen and oxygen atoms in total. The summed E-state index contributed by atoms with van der Waals surface area (Å²) < 4.78 is 57.7. The number of ether oxygens (including phenoxy) is 1. The van der Waals surface area contributed by atoms with Crippen molar-refractivity contribution in [3.05, 3.63) is 46.6 Å². The number of hydrogen-bond donors (Lipinski definition) is 0. The lowest BCUT2D eigenvalue weighted by molar-refractivity contribution is -0.133. The zero-order valence-corrected chi connectivity index (χ0v) is 15.5. The maximum Gasteiger partial charge on any atom is 0.389 e. The van der Waals surface area contributed by atoms with E-state index in [1.165, 1.54) is 12.1 Å². The third kappa shape index (κ3) is 3.85. The second kappa shape index (κ2) is 7.13. The van der Waals surface area contributed by atoms with Crippen molar-refractivity contribution in [2.24, 2.45) is 10.8 Å². The highest BCUT2D eigenvalue weighted by Crippen LogP contribution is 2.56. The Labute approximate surface area is 161 Å². The average molecular weight is 392 g/mol. The first-order valence-corrected chi connectivity index (χ1v) is 9.13. The van der Waals surface area contributed by atoms with Gasteiger partial charge in [0.1, 0.15) is 17.1 Å². The molecule has 0 saturated heterocycles. The summed E-state index contributed by atoms with van der Waals surface area (Å²) in [6, 6.07) is 4.73. The Hall–Kier alpha value is -2.54. The minimum Gasteiger partial charge on any atom is -0.493 e. The van der Waals surface area contributed by atoms with Gasteiger partial charge in [-0.15, -0.1) is 0 Å². The Bertz CT molecular complexity index is 881. The first-order valence-electron chi connectivity index (χ1n) is 9.13. The van der Waals surface area contributed by atoms with Crippen molar-refractivity contribution in [2.75, 3.05) is 6.61 Å². The second-order valence-corrected chi connectivity index (χ2v) is 7.99. The number of alkyl halides is 3. The van der Waals surface area contributed by atoms with E-state index in [4.69, 9.17) is 11.3 Å². The normalized spacial score (nSPS) is 26.3. The van der Waals surface area contributed by atoms with Crippen LogP contribution in [0.15, 0.2) is 24.0 Å². The summed E-state index contributed by atoms with van der Waals surface area (Å²) in [6.45, 7) is 9.38. The van der Waals surface area contributed by atoms with E-state index in [1.54, 1.807) is 6.08 Å². The molecule has 3 aliphatic rings. The molecule has 0 heterocycles. The third-order valence-corrected chi connectivity index (χ3v) is 6.00. The molecule has 0 N–H and O–H groups in total. The van der Waals surface area contributed by atoms with Gasteiger partial charge in [-0.3, -0.25) is 0 Å². The average Bonchev–Trinajstić information content (AvgIpc) is 2.65. The number of rotatable bonds is 5. The van der Waals surface area contributed by atoms with E-state index in [0.717, 1.165) is 25.7 Å². The Balaban J connectivity index is 1.82. The van der Waals surface area contributed by atoms with Crippen LogP contribution in [0.1, 0.15) is 50.2 Å². The van der Waals surface area contributed by atoms with E-state index in [0.29, 0.717) is 0 Å². The molecule has 3 aliphatic carbocycles. The van der Waals surface area contributed by atoms with Crippen molar-refractivity contribution in [2.45, 2.75) is 51.6 Å². The molecule has 1 saturated carbocycles. The van der Waals surface area contributed by atoms with Gasteiger partial charge in [0, 0.05) is 17.3 Å². The number of nitrogens with zero attached hydrogens (tertiary/aromatic N) is 2. The van der Waals surface area contributed by atoms with Gasteiger partial charge in [0.2, 0.25) is 5.69 Å². The van der Waals surface area contributed by atoms with Crippen molar-refractivity contribution >= 4 is 5.69 Å². The summed E-state index contributed by atoms with van der Waals surface area (Å²) in [5.41, 5.74) is -0.833. The van der Waals surface area contributed by atoms with Crippen molar-refractivity contribution in [3.63, 3.8) is 0 Å². The fraction of sp³-hybridized carbons (Fsp3) is 0.524. The molecule has 1 aromatic rings. The number of benzene rings is 1. The van der Waals surface area contributed by atoms with Gasteiger partial charge in [0.25, 0.3) is 0 Å². The highest BCUT2D eigenvalue weighted by Gasteiger charge is 2.47. The highest BCUT2D eigenvalue weighted by molar-refractivity contribution is 5.68. The van der Waals surface area contributed by atoms with E-state index in [-0.39, 0.29) is 41.4 Å². The second-order valence-electron chi connectivity index (χ2n) is 7.99. The fourth-order valence-electron chi connectivity index (χ4n) is 3.98. The zero-order chi connectivity index (χ0) is 20.6. The molecule has 4 rings (SSSR count). The van der Waals surface area contributed by atoms with Crippen LogP contribution >= 0.6 is 0 Å². The lowest BCUT2D eigenvalue weighted by Crippen LogP contribution is -2.41. The Kier molecular flexibility index (Phi) is 5.14. The first kappa shape index (κ1) is 20.2. The summed E-state index contributed by atoms with van der Waals surface area (Å²) in [5, 5.41) is 9.46. The topological polar surface area (TPSA) is 37.4 Å². The van der Waals surface area contributed by atoms with Crippen LogP contribution in [0, 0.1) is 28.7 Å². The fourth-order valence-corrected chi connectivity index (χ4v) is 3.98. The largest absolute Gasteiger partial charge is 0.493 e. The Morgan fingerprint density at radius 2 is 1.93 bits per heavy atom. The number of allylic oxidation sites excluding steroid dienone is 1. The molecular formula is C21H20F4N2O. The minimum absolute atomic E-state index is 0.0630. The molecule has 1 aromatic carbocycles. The maximum absolute atomic E-state index is 14.4. The number of hydrogen-bond acceptors (Lipinski definition) is 2. The number of halogens is 4. The van der Waals surface area contributed by atoms with Crippen LogP contribution in [-0.2, 0) is 6.42 Å². The predicted octanol–water partition coefficient (Wildman–Crippen LogP) is 6.42. The maximum atomic E-state index is 14.4. The summed E-state index contributed by atoms with van der Waals surface area (Å²) in [5.74, 6) is 0.0322. The molecule has 0 spiro atoms. The molecule has 0 aliphatic heterocycles. The van der Waals surface area contributed by atoms with Crippen LogP contribution in [-0.4, -0.2) is 12.8 Å². The van der Waals surface area contributed by atoms with Crippen LogP contribution in [0.5, 0.6) is 5.75 Å². The van der Waals surface area contributed by atoms with Gasteiger partial charge in [0.15, 0.2) is 0 Å². The number of aryl methyl sites for hydroxylation is 1. The smallest absolute Gasteiger partial charge is 0.389 e. The van der Waals surface area contributed by atoms with Crippen LogP contribution < -0.4 is 4.74 Å². The van der Waals surface area contributed by atoms with Crippen LogP contribution in [0.2, 0.25) is 0 Å². The van der Waals surface area contributed by atoms with Crippen LogP contribution in [0.3, 0.4) is 0 Å². The number of nitriles is 1. The Morgan fingerprint density at radius 3 is 2.46 bits per heavy atom. The van der Waals surface area contributed by atoms with E-state index < -0.39 is 23.4 Å². The van der Waals surface area contributed by atoms with Gasteiger partial charge < -0.3 is 4.74 Å². The van der Waals surface area contributed by atoms with Gasteiger partial charge in [0.05, 0.1) is 19.2 Å². The highest BCUT2D eigenvalue weighted by atomic mass is 19.4. The van der Waals surface area contributed by atoms with Gasteiger partial charge in [-0.25, -0.2) is 9.24 Å². The molecule has 2 bridgehead atoms. The first-order chi connectivity index (χ1) is 13.1. The molecule has 0 aromatic heterocycles. The standard InChI is InChI=1S/C21H20F4N2O/c1-19-7-9-20(10-8-19,11-17(19)22)13-28-16-4-3-14(5-6-21(23,24)25)18(27-2)15(16)12-26/h3-4,11H,5-10,13H2,1H3. The zero-order valence-electron chi connectivity index (χ0n) is 15.5. The quantitative estimate of drug-likeness (QED) is 0.428. The SMILES string of the molecule is [C-]#[N+]c1c(CCC(F)(F)F)ccc(OCC23C=C(F)C(C)(CC2)CC3)c1C#N.